The van der Waals surface area contributed by atoms with Crippen LogP contribution >= 0.6 is 0 Å². The Kier molecular flexibility index (Phi) is 5.50. The molecule has 0 aliphatic heterocycles. The summed E-state index contributed by atoms with van der Waals surface area (Å²) in [6.45, 7) is 2.04. The molecule has 9 heteroatoms. The molecule has 140 valence electrons. The lowest BCUT2D eigenvalue weighted by molar-refractivity contribution is -0.114. The molecule has 0 saturated carbocycles. The number of rotatable bonds is 7. The van der Waals surface area contributed by atoms with Crippen molar-refractivity contribution in [2.45, 2.75) is 6.92 Å². The van der Waals surface area contributed by atoms with Crippen LogP contribution < -0.4 is 20.1 Å². The van der Waals surface area contributed by atoms with Gasteiger partial charge in [0.25, 0.3) is 0 Å². The van der Waals surface area contributed by atoms with Crippen LogP contribution in [0.4, 0.5) is 11.4 Å². The third-order valence-electron chi connectivity index (χ3n) is 3.95. The van der Waals surface area contributed by atoms with Crippen molar-refractivity contribution in [1.29, 1.82) is 0 Å². The number of aryl methyl sites for hydroxylation is 1. The maximum absolute atomic E-state index is 12.4. The summed E-state index contributed by atoms with van der Waals surface area (Å²) in [6, 6.07) is 10.9. The highest BCUT2D eigenvalue weighted by Crippen LogP contribution is 2.28. The van der Waals surface area contributed by atoms with E-state index in [4.69, 9.17) is 9.47 Å². The van der Waals surface area contributed by atoms with Crippen LogP contribution in [0.15, 0.2) is 42.7 Å². The number of hydrogen-bond acceptors (Lipinski definition) is 7. The van der Waals surface area contributed by atoms with Crippen molar-refractivity contribution in [3.63, 3.8) is 0 Å². The van der Waals surface area contributed by atoms with Gasteiger partial charge in [-0.25, -0.2) is 4.68 Å². The molecule has 0 spiro atoms. The summed E-state index contributed by atoms with van der Waals surface area (Å²) in [4.78, 5) is 12.4. The fourth-order valence-corrected chi connectivity index (χ4v) is 2.50. The second kappa shape index (κ2) is 8.17. The van der Waals surface area contributed by atoms with Crippen LogP contribution in [0.25, 0.3) is 5.69 Å². The Morgan fingerprint density at radius 2 is 1.96 bits per heavy atom. The van der Waals surface area contributed by atoms with Crippen LogP contribution in [0.2, 0.25) is 0 Å². The Hall–Kier alpha value is -3.62. The molecule has 27 heavy (non-hydrogen) atoms. The van der Waals surface area contributed by atoms with Gasteiger partial charge in [-0.15, -0.1) is 5.10 Å². The summed E-state index contributed by atoms with van der Waals surface area (Å²) in [6.07, 6.45) is 1.51. The van der Waals surface area contributed by atoms with Crippen LogP contribution in [-0.4, -0.2) is 46.9 Å². The summed E-state index contributed by atoms with van der Waals surface area (Å²) in [5.41, 5.74) is 3.15. The van der Waals surface area contributed by atoms with Gasteiger partial charge in [-0.2, -0.15) is 0 Å². The van der Waals surface area contributed by atoms with E-state index in [0.717, 1.165) is 16.9 Å². The van der Waals surface area contributed by atoms with E-state index in [1.165, 1.54) is 6.33 Å². The van der Waals surface area contributed by atoms with Crippen molar-refractivity contribution in [2.75, 3.05) is 31.4 Å². The fraction of sp³-hybridized carbons (Fsp3) is 0.222. The van der Waals surface area contributed by atoms with Crippen LogP contribution in [0.1, 0.15) is 5.56 Å². The van der Waals surface area contributed by atoms with Crippen molar-refractivity contribution in [3.8, 4) is 17.2 Å². The summed E-state index contributed by atoms with van der Waals surface area (Å²) in [5, 5.41) is 17.1. The SMILES string of the molecule is COc1ccc(OC)c(NC(=O)CNc2cc(-n3cnnn3)ccc2C)c1. The van der Waals surface area contributed by atoms with Gasteiger partial charge in [0.1, 0.15) is 17.8 Å². The number of anilines is 2. The third-order valence-corrected chi connectivity index (χ3v) is 3.95. The molecule has 0 fully saturated rings. The first kappa shape index (κ1) is 18.2. The Bertz CT molecular complexity index is 927. The Morgan fingerprint density at radius 3 is 2.67 bits per heavy atom. The summed E-state index contributed by atoms with van der Waals surface area (Å²) in [5.74, 6) is 0.971. The summed E-state index contributed by atoms with van der Waals surface area (Å²) < 4.78 is 12.0. The molecule has 3 rings (SSSR count). The van der Waals surface area contributed by atoms with Gasteiger partial charge in [0.15, 0.2) is 0 Å². The summed E-state index contributed by atoms with van der Waals surface area (Å²) in [7, 11) is 3.11. The van der Waals surface area contributed by atoms with Gasteiger partial charge in [0, 0.05) is 11.8 Å². The molecule has 9 nitrogen and oxygen atoms in total. The van der Waals surface area contributed by atoms with Crippen molar-refractivity contribution in [3.05, 3.63) is 48.3 Å². The molecule has 0 radical (unpaired) electrons. The second-order valence-corrected chi connectivity index (χ2v) is 5.72. The van der Waals surface area contributed by atoms with E-state index in [0.29, 0.717) is 17.2 Å². The molecule has 3 aromatic rings. The lowest BCUT2D eigenvalue weighted by Gasteiger charge is -2.14. The first-order valence-electron chi connectivity index (χ1n) is 8.20. The maximum atomic E-state index is 12.4. The number of hydrogen-bond donors (Lipinski definition) is 2. The van der Waals surface area contributed by atoms with Crippen molar-refractivity contribution < 1.29 is 14.3 Å². The van der Waals surface area contributed by atoms with Gasteiger partial charge in [-0.1, -0.05) is 6.07 Å². The number of amides is 1. The number of methoxy groups -OCH3 is 2. The molecule has 0 bridgehead atoms. The topological polar surface area (TPSA) is 103 Å². The largest absolute Gasteiger partial charge is 0.497 e. The Balaban J connectivity index is 1.69. The molecule has 1 amide bonds. The zero-order chi connectivity index (χ0) is 19.2. The van der Waals surface area contributed by atoms with Gasteiger partial charge in [0.2, 0.25) is 5.91 Å². The number of carbonyl (C=O) groups excluding carboxylic acids is 1. The number of tetrazole rings is 1. The molecule has 0 aliphatic carbocycles. The lowest BCUT2D eigenvalue weighted by Crippen LogP contribution is -2.22. The van der Waals surface area contributed by atoms with E-state index >= 15 is 0 Å². The van der Waals surface area contributed by atoms with Gasteiger partial charge in [-0.05, 0) is 47.2 Å². The summed E-state index contributed by atoms with van der Waals surface area (Å²) >= 11 is 0. The molecule has 1 aromatic heterocycles. The highest BCUT2D eigenvalue weighted by Gasteiger charge is 2.10. The number of aromatic nitrogens is 4. The highest BCUT2D eigenvalue weighted by molar-refractivity contribution is 5.95. The molecule has 0 aliphatic rings. The highest BCUT2D eigenvalue weighted by atomic mass is 16.5. The fourth-order valence-electron chi connectivity index (χ4n) is 2.50. The number of nitrogens with one attached hydrogen (secondary N) is 2. The molecule has 0 atom stereocenters. The number of ether oxygens (including phenoxy) is 2. The Labute approximate surface area is 156 Å². The van der Waals surface area contributed by atoms with Crippen molar-refractivity contribution in [2.24, 2.45) is 0 Å². The lowest BCUT2D eigenvalue weighted by atomic mass is 10.2. The van der Waals surface area contributed by atoms with E-state index in [2.05, 4.69) is 26.2 Å². The predicted octanol–water partition coefficient (Wildman–Crippen LogP) is 2.04. The maximum Gasteiger partial charge on any atom is 0.243 e. The number of nitrogens with zero attached hydrogens (tertiary/aromatic N) is 4. The minimum atomic E-state index is -0.214. The smallest absolute Gasteiger partial charge is 0.243 e. The Morgan fingerprint density at radius 1 is 1.11 bits per heavy atom. The average molecular weight is 368 g/mol. The standard InChI is InChI=1S/C18H20N6O3/c1-12-4-5-13(24-11-20-22-23-24)8-15(12)19-10-18(25)21-16-9-14(26-2)6-7-17(16)27-3/h4-9,11,19H,10H2,1-3H3,(H,21,25). The van der Waals surface area contributed by atoms with Gasteiger partial charge in [-0.3, -0.25) is 4.79 Å². The van der Waals surface area contributed by atoms with Gasteiger partial charge < -0.3 is 20.1 Å². The van der Waals surface area contributed by atoms with Gasteiger partial charge in [0.05, 0.1) is 32.1 Å². The molecule has 1 heterocycles. The van der Waals surface area contributed by atoms with Crippen LogP contribution in [0.3, 0.4) is 0 Å². The third kappa shape index (κ3) is 4.32. The first-order valence-corrected chi connectivity index (χ1v) is 8.20. The minimum Gasteiger partial charge on any atom is -0.497 e. The normalized spacial score (nSPS) is 10.3. The van der Waals surface area contributed by atoms with Crippen LogP contribution in [-0.2, 0) is 4.79 Å². The average Bonchev–Trinajstić information content (AvgIpc) is 3.22. The van der Waals surface area contributed by atoms with E-state index in [-0.39, 0.29) is 12.5 Å². The van der Waals surface area contributed by atoms with E-state index < -0.39 is 0 Å². The second-order valence-electron chi connectivity index (χ2n) is 5.72. The quantitative estimate of drug-likeness (QED) is 0.658. The van der Waals surface area contributed by atoms with Crippen LogP contribution in [0.5, 0.6) is 11.5 Å². The molecule has 0 unspecified atom stereocenters. The predicted molar refractivity (Wildman–Crippen MR) is 101 cm³/mol. The monoisotopic (exact) mass is 368 g/mol. The number of benzene rings is 2. The van der Waals surface area contributed by atoms with Crippen LogP contribution in [0, 0.1) is 6.92 Å². The zero-order valence-corrected chi connectivity index (χ0v) is 15.3. The van der Waals surface area contributed by atoms with Gasteiger partial charge >= 0.3 is 0 Å². The minimum absolute atomic E-state index is 0.0836. The first-order chi connectivity index (χ1) is 13.1. The van der Waals surface area contributed by atoms with E-state index in [9.17, 15) is 4.79 Å². The molecule has 0 saturated heterocycles. The molecular weight excluding hydrogens is 348 g/mol. The van der Waals surface area contributed by atoms with E-state index in [1.54, 1.807) is 37.1 Å². The number of carbonyl (C=O) groups is 1. The van der Waals surface area contributed by atoms with Crippen molar-refractivity contribution in [1.82, 2.24) is 20.2 Å². The molecule has 2 aromatic carbocycles. The van der Waals surface area contributed by atoms with Crippen molar-refractivity contribution >= 4 is 17.3 Å². The molecule has 2 N–H and O–H groups in total. The van der Waals surface area contributed by atoms with E-state index in [1.807, 2.05) is 25.1 Å². The molecular formula is C18H20N6O3. The zero-order valence-electron chi connectivity index (χ0n) is 15.3.